The molecule has 0 saturated carbocycles. The first-order valence-corrected chi connectivity index (χ1v) is 10.3. The molecule has 2 aromatic rings. The van der Waals surface area contributed by atoms with Gasteiger partial charge in [0.2, 0.25) is 0 Å². The maximum absolute atomic E-state index is 12.7. The SMILES string of the molecule is CC1=CC(C)(C)N(C)c2cc(Cl)c(/C=C(/C#N)C(=O)Nc3cccc(Cl)c3C)cc21. The second kappa shape index (κ2) is 8.18. The highest BCUT2D eigenvalue weighted by molar-refractivity contribution is 6.33. The summed E-state index contributed by atoms with van der Waals surface area (Å²) in [6.45, 7) is 8.13. The van der Waals surface area contributed by atoms with Gasteiger partial charge in [0.15, 0.2) is 0 Å². The number of allylic oxidation sites excluding steroid dienone is 1. The standard InChI is InChI=1S/C24H23Cl2N3O/c1-14-12-24(3,4)29(5)22-11-20(26)16(10-18(14)22)9-17(13-27)23(30)28-21-8-6-7-19(25)15(21)2/h6-12H,1-5H3,(H,28,30)/b17-9-. The smallest absolute Gasteiger partial charge is 0.266 e. The molecule has 6 heteroatoms. The molecule has 1 amide bonds. The number of anilines is 2. The van der Waals surface area contributed by atoms with Gasteiger partial charge in [-0.05, 0) is 74.7 Å². The van der Waals surface area contributed by atoms with Crippen molar-refractivity contribution in [2.45, 2.75) is 33.2 Å². The third-order valence-corrected chi connectivity index (χ3v) is 6.25. The Morgan fingerprint density at radius 1 is 1.20 bits per heavy atom. The van der Waals surface area contributed by atoms with Gasteiger partial charge < -0.3 is 10.2 Å². The molecule has 0 fully saturated rings. The van der Waals surface area contributed by atoms with Crippen LogP contribution in [0.4, 0.5) is 11.4 Å². The largest absolute Gasteiger partial charge is 0.365 e. The molecule has 2 aromatic carbocycles. The molecular formula is C24H23Cl2N3O. The molecule has 0 unspecified atom stereocenters. The second-order valence-corrected chi connectivity index (χ2v) is 8.78. The molecule has 154 valence electrons. The molecule has 0 bridgehead atoms. The Hall–Kier alpha value is -2.74. The molecule has 30 heavy (non-hydrogen) atoms. The van der Waals surface area contributed by atoms with Crippen molar-refractivity contribution in [3.05, 3.63) is 68.7 Å². The van der Waals surface area contributed by atoms with Crippen LogP contribution in [0.3, 0.4) is 0 Å². The summed E-state index contributed by atoms with van der Waals surface area (Å²) in [6.07, 6.45) is 3.71. The first-order valence-electron chi connectivity index (χ1n) is 9.50. The van der Waals surface area contributed by atoms with Crippen LogP contribution in [0.25, 0.3) is 11.6 Å². The van der Waals surface area contributed by atoms with E-state index in [1.807, 2.05) is 25.2 Å². The molecule has 0 atom stereocenters. The van der Waals surface area contributed by atoms with E-state index in [1.165, 1.54) is 6.08 Å². The lowest BCUT2D eigenvalue weighted by molar-refractivity contribution is -0.112. The number of nitriles is 1. The molecule has 1 N–H and O–H groups in total. The molecule has 1 aliphatic heterocycles. The Labute approximate surface area is 187 Å². The quantitative estimate of drug-likeness (QED) is 0.439. The summed E-state index contributed by atoms with van der Waals surface area (Å²) in [5, 5.41) is 13.4. The fourth-order valence-electron chi connectivity index (χ4n) is 3.53. The molecule has 1 aliphatic rings. The number of benzene rings is 2. The van der Waals surface area contributed by atoms with Crippen molar-refractivity contribution in [1.29, 1.82) is 5.26 Å². The van der Waals surface area contributed by atoms with Crippen LogP contribution in [0.2, 0.25) is 10.0 Å². The fraction of sp³-hybridized carbons (Fsp3) is 0.250. The van der Waals surface area contributed by atoms with Crippen molar-refractivity contribution < 1.29 is 4.79 Å². The minimum absolute atomic E-state index is 0.0395. The van der Waals surface area contributed by atoms with Crippen LogP contribution < -0.4 is 10.2 Å². The minimum Gasteiger partial charge on any atom is -0.365 e. The van der Waals surface area contributed by atoms with Gasteiger partial charge in [-0.1, -0.05) is 35.3 Å². The monoisotopic (exact) mass is 439 g/mol. The summed E-state index contributed by atoms with van der Waals surface area (Å²) in [7, 11) is 2.02. The van der Waals surface area contributed by atoms with E-state index in [2.05, 4.69) is 37.1 Å². The number of rotatable bonds is 3. The van der Waals surface area contributed by atoms with Crippen molar-refractivity contribution in [2.24, 2.45) is 0 Å². The molecule has 0 radical (unpaired) electrons. The Morgan fingerprint density at radius 2 is 1.90 bits per heavy atom. The van der Waals surface area contributed by atoms with E-state index >= 15 is 0 Å². The van der Waals surface area contributed by atoms with E-state index in [0.29, 0.717) is 21.3 Å². The van der Waals surface area contributed by atoms with Crippen LogP contribution in [0.15, 0.2) is 42.0 Å². The topological polar surface area (TPSA) is 56.1 Å². The summed E-state index contributed by atoms with van der Waals surface area (Å²) in [4.78, 5) is 14.9. The van der Waals surface area contributed by atoms with Crippen molar-refractivity contribution in [3.63, 3.8) is 0 Å². The zero-order valence-corrected chi connectivity index (χ0v) is 19.1. The number of fused-ring (bicyclic) bond motifs is 1. The van der Waals surface area contributed by atoms with E-state index in [1.54, 1.807) is 25.1 Å². The lowest BCUT2D eigenvalue weighted by atomic mass is 9.88. The summed E-state index contributed by atoms with van der Waals surface area (Å²) in [6, 6.07) is 11.0. The van der Waals surface area contributed by atoms with Crippen molar-refractivity contribution in [3.8, 4) is 6.07 Å². The number of carbonyl (C=O) groups is 1. The number of likely N-dealkylation sites (N-methyl/N-ethyl adjacent to an activating group) is 1. The third-order valence-electron chi connectivity index (χ3n) is 5.52. The van der Waals surface area contributed by atoms with Crippen LogP contribution >= 0.6 is 23.2 Å². The van der Waals surface area contributed by atoms with Crippen molar-refractivity contribution in [1.82, 2.24) is 0 Å². The molecule has 0 aliphatic carbocycles. The van der Waals surface area contributed by atoms with E-state index in [4.69, 9.17) is 23.2 Å². The molecule has 4 nitrogen and oxygen atoms in total. The van der Waals surface area contributed by atoms with Crippen LogP contribution in [0, 0.1) is 18.3 Å². The molecule has 1 heterocycles. The van der Waals surface area contributed by atoms with Crippen LogP contribution in [-0.4, -0.2) is 18.5 Å². The average molecular weight is 440 g/mol. The average Bonchev–Trinajstić information content (AvgIpc) is 2.68. The van der Waals surface area contributed by atoms with Gasteiger partial charge in [-0.2, -0.15) is 5.26 Å². The van der Waals surface area contributed by atoms with Gasteiger partial charge in [-0.3, -0.25) is 4.79 Å². The van der Waals surface area contributed by atoms with Gasteiger partial charge in [-0.15, -0.1) is 0 Å². The van der Waals surface area contributed by atoms with E-state index in [9.17, 15) is 10.1 Å². The zero-order chi connectivity index (χ0) is 22.2. The summed E-state index contributed by atoms with van der Waals surface area (Å²) < 4.78 is 0. The van der Waals surface area contributed by atoms with Crippen LogP contribution in [0.5, 0.6) is 0 Å². The predicted molar refractivity (Wildman–Crippen MR) is 126 cm³/mol. The number of carbonyl (C=O) groups excluding carboxylic acids is 1. The molecule has 0 spiro atoms. The lowest BCUT2D eigenvalue weighted by Crippen LogP contribution is -2.42. The molecule has 0 saturated heterocycles. The fourth-order valence-corrected chi connectivity index (χ4v) is 3.92. The number of nitrogens with one attached hydrogen (secondary N) is 1. The maximum Gasteiger partial charge on any atom is 0.266 e. The van der Waals surface area contributed by atoms with Gasteiger partial charge in [0.1, 0.15) is 11.6 Å². The Kier molecular flexibility index (Phi) is 5.99. The highest BCUT2D eigenvalue weighted by Gasteiger charge is 2.29. The minimum atomic E-state index is -0.512. The number of nitrogens with zero attached hydrogens (tertiary/aromatic N) is 2. The van der Waals surface area contributed by atoms with Gasteiger partial charge in [0, 0.05) is 34.0 Å². The van der Waals surface area contributed by atoms with Crippen molar-refractivity contribution >= 4 is 52.1 Å². The lowest BCUT2D eigenvalue weighted by Gasteiger charge is -2.40. The summed E-state index contributed by atoms with van der Waals surface area (Å²) >= 11 is 12.6. The number of halogens is 2. The first kappa shape index (κ1) is 22.0. The predicted octanol–water partition coefficient (Wildman–Crippen LogP) is 6.48. The van der Waals surface area contributed by atoms with Crippen LogP contribution in [-0.2, 0) is 4.79 Å². The Bertz CT molecular complexity index is 1140. The zero-order valence-electron chi connectivity index (χ0n) is 17.6. The molecule has 3 rings (SSSR count). The van der Waals surface area contributed by atoms with Gasteiger partial charge in [0.05, 0.1) is 5.54 Å². The highest BCUT2D eigenvalue weighted by Crippen LogP contribution is 2.40. The first-order chi connectivity index (χ1) is 14.0. The maximum atomic E-state index is 12.7. The van der Waals surface area contributed by atoms with Crippen LogP contribution in [0.1, 0.15) is 37.5 Å². The van der Waals surface area contributed by atoms with Gasteiger partial charge >= 0.3 is 0 Å². The summed E-state index contributed by atoms with van der Waals surface area (Å²) in [5.74, 6) is -0.512. The van der Waals surface area contributed by atoms with E-state index in [-0.39, 0.29) is 11.1 Å². The van der Waals surface area contributed by atoms with Gasteiger partial charge in [-0.25, -0.2) is 0 Å². The Morgan fingerprint density at radius 3 is 2.57 bits per heavy atom. The highest BCUT2D eigenvalue weighted by atomic mass is 35.5. The normalized spacial score (nSPS) is 15.2. The summed E-state index contributed by atoms with van der Waals surface area (Å²) in [5.41, 5.74) is 4.90. The van der Waals surface area contributed by atoms with E-state index < -0.39 is 5.91 Å². The number of amides is 1. The molecule has 0 aromatic heterocycles. The Balaban J connectivity index is 1.99. The van der Waals surface area contributed by atoms with Crippen molar-refractivity contribution in [2.75, 3.05) is 17.3 Å². The molecular weight excluding hydrogens is 417 g/mol. The second-order valence-electron chi connectivity index (χ2n) is 7.97. The van der Waals surface area contributed by atoms with E-state index in [0.717, 1.165) is 22.4 Å². The van der Waals surface area contributed by atoms with Gasteiger partial charge in [0.25, 0.3) is 5.91 Å². The number of hydrogen-bond acceptors (Lipinski definition) is 3. The third kappa shape index (κ3) is 4.09. The number of hydrogen-bond donors (Lipinski definition) is 1.